The highest BCUT2D eigenvalue weighted by atomic mass is 32.2. The van der Waals surface area contributed by atoms with Crippen molar-refractivity contribution in [1.82, 2.24) is 4.31 Å². The van der Waals surface area contributed by atoms with Gasteiger partial charge in [-0.25, -0.2) is 17.2 Å². The predicted molar refractivity (Wildman–Crippen MR) is 66.9 cm³/mol. The Morgan fingerprint density at radius 2 is 2.11 bits per heavy atom. The molecule has 0 spiro atoms. The topological polar surface area (TPSA) is 63.4 Å². The average Bonchev–Trinajstić information content (AvgIpc) is 2.73. The number of hydrogen-bond donors (Lipinski definition) is 1. The lowest BCUT2D eigenvalue weighted by molar-refractivity contribution is 0.349. The van der Waals surface area contributed by atoms with Gasteiger partial charge in [-0.05, 0) is 30.5 Å². The summed E-state index contributed by atoms with van der Waals surface area (Å²) in [6, 6.07) is 2.47. The monoisotopic (exact) mass is 290 g/mol. The third kappa shape index (κ3) is 2.63. The fourth-order valence-corrected chi connectivity index (χ4v) is 3.81. The van der Waals surface area contributed by atoms with Crippen LogP contribution in [0.2, 0.25) is 0 Å². The Hall–Kier alpha value is -1.05. The highest BCUT2D eigenvalue weighted by Crippen LogP contribution is 2.33. The molecule has 1 atom stereocenters. The molecule has 1 unspecified atom stereocenters. The van der Waals surface area contributed by atoms with Crippen molar-refractivity contribution < 1.29 is 17.2 Å². The first-order chi connectivity index (χ1) is 8.78. The molecule has 1 aliphatic rings. The van der Waals surface area contributed by atoms with Crippen molar-refractivity contribution in [2.45, 2.75) is 18.2 Å². The maximum Gasteiger partial charge on any atom is 0.246 e. The quantitative estimate of drug-likeness (QED) is 0.913. The molecule has 2 rings (SSSR count). The van der Waals surface area contributed by atoms with E-state index in [4.69, 9.17) is 5.73 Å². The van der Waals surface area contributed by atoms with E-state index in [9.17, 15) is 17.2 Å². The van der Waals surface area contributed by atoms with Gasteiger partial charge in [0.15, 0.2) is 0 Å². The van der Waals surface area contributed by atoms with Crippen LogP contribution in [0.1, 0.15) is 13.3 Å². The van der Waals surface area contributed by atoms with Crippen LogP contribution in [0.4, 0.5) is 8.78 Å². The Bertz CT molecular complexity index is 591. The van der Waals surface area contributed by atoms with E-state index in [2.05, 4.69) is 0 Å². The number of nitrogens with two attached hydrogens (primary N) is 1. The van der Waals surface area contributed by atoms with Crippen molar-refractivity contribution in [1.29, 1.82) is 0 Å². The minimum atomic E-state index is -3.93. The van der Waals surface area contributed by atoms with Gasteiger partial charge in [-0.2, -0.15) is 4.31 Å². The van der Waals surface area contributed by atoms with Gasteiger partial charge in [0.2, 0.25) is 10.0 Å². The predicted octanol–water partition coefficient (Wildman–Crippen LogP) is 1.32. The second kappa shape index (κ2) is 4.81. The summed E-state index contributed by atoms with van der Waals surface area (Å²) in [6.45, 7) is 2.81. The summed E-state index contributed by atoms with van der Waals surface area (Å²) in [4.78, 5) is -0.491. The van der Waals surface area contributed by atoms with Crippen LogP contribution in [-0.2, 0) is 10.0 Å². The van der Waals surface area contributed by atoms with Crippen molar-refractivity contribution in [2.24, 2.45) is 11.1 Å². The molecular formula is C12H16F2N2O2S. The van der Waals surface area contributed by atoms with Gasteiger partial charge >= 0.3 is 0 Å². The number of halogens is 2. The molecule has 19 heavy (non-hydrogen) atoms. The molecule has 1 aromatic rings. The molecule has 1 aliphatic heterocycles. The number of nitrogens with zero attached hydrogens (tertiary/aromatic N) is 1. The summed E-state index contributed by atoms with van der Waals surface area (Å²) in [6.07, 6.45) is 0.630. The molecule has 0 radical (unpaired) electrons. The fraction of sp³-hybridized carbons (Fsp3) is 0.500. The molecule has 1 aromatic carbocycles. The highest BCUT2D eigenvalue weighted by Gasteiger charge is 2.39. The maximum atomic E-state index is 13.6. The first kappa shape index (κ1) is 14.4. The zero-order valence-electron chi connectivity index (χ0n) is 10.6. The molecule has 0 saturated carbocycles. The lowest BCUT2D eigenvalue weighted by Gasteiger charge is -2.22. The van der Waals surface area contributed by atoms with Crippen molar-refractivity contribution in [3.8, 4) is 0 Å². The SMILES string of the molecule is CC1(CN)CCN(S(=O)(=O)c2ccc(F)cc2F)C1. The van der Waals surface area contributed by atoms with E-state index in [1.807, 2.05) is 6.92 Å². The number of benzene rings is 1. The largest absolute Gasteiger partial charge is 0.330 e. The van der Waals surface area contributed by atoms with E-state index >= 15 is 0 Å². The summed E-state index contributed by atoms with van der Waals surface area (Å²) >= 11 is 0. The van der Waals surface area contributed by atoms with Crippen molar-refractivity contribution in [3.63, 3.8) is 0 Å². The van der Waals surface area contributed by atoms with Crippen LogP contribution in [0.25, 0.3) is 0 Å². The molecule has 1 heterocycles. The van der Waals surface area contributed by atoms with Crippen LogP contribution in [0.5, 0.6) is 0 Å². The highest BCUT2D eigenvalue weighted by molar-refractivity contribution is 7.89. The average molecular weight is 290 g/mol. The van der Waals surface area contributed by atoms with E-state index in [-0.39, 0.29) is 12.0 Å². The zero-order chi connectivity index (χ0) is 14.3. The minimum Gasteiger partial charge on any atom is -0.330 e. The summed E-state index contributed by atoms with van der Waals surface area (Å²) in [5, 5.41) is 0. The van der Waals surface area contributed by atoms with Crippen LogP contribution in [0, 0.1) is 17.0 Å². The molecule has 0 aromatic heterocycles. The van der Waals surface area contributed by atoms with Gasteiger partial charge in [-0.15, -0.1) is 0 Å². The Morgan fingerprint density at radius 1 is 1.42 bits per heavy atom. The van der Waals surface area contributed by atoms with E-state index in [0.717, 1.165) is 12.1 Å². The smallest absolute Gasteiger partial charge is 0.246 e. The maximum absolute atomic E-state index is 13.6. The second-order valence-electron chi connectivity index (χ2n) is 5.18. The fourth-order valence-electron chi connectivity index (χ4n) is 2.17. The lowest BCUT2D eigenvalue weighted by Crippen LogP contribution is -2.34. The summed E-state index contributed by atoms with van der Waals surface area (Å²) in [5.41, 5.74) is 5.33. The van der Waals surface area contributed by atoms with Gasteiger partial charge in [0.1, 0.15) is 16.5 Å². The molecule has 106 valence electrons. The number of rotatable bonds is 3. The van der Waals surface area contributed by atoms with E-state index in [0.29, 0.717) is 25.6 Å². The van der Waals surface area contributed by atoms with Gasteiger partial charge in [0.05, 0.1) is 0 Å². The van der Waals surface area contributed by atoms with E-state index < -0.39 is 26.6 Å². The van der Waals surface area contributed by atoms with Crippen molar-refractivity contribution in [3.05, 3.63) is 29.8 Å². The van der Waals surface area contributed by atoms with Crippen LogP contribution in [0.3, 0.4) is 0 Å². The molecule has 4 nitrogen and oxygen atoms in total. The van der Waals surface area contributed by atoms with E-state index in [1.54, 1.807) is 0 Å². The molecular weight excluding hydrogens is 274 g/mol. The third-order valence-corrected chi connectivity index (χ3v) is 5.41. The Labute approximate surface area is 111 Å². The molecule has 2 N–H and O–H groups in total. The Morgan fingerprint density at radius 3 is 2.63 bits per heavy atom. The van der Waals surface area contributed by atoms with Gasteiger partial charge in [-0.1, -0.05) is 6.92 Å². The third-order valence-electron chi connectivity index (χ3n) is 3.53. The zero-order valence-corrected chi connectivity index (χ0v) is 11.4. The van der Waals surface area contributed by atoms with Crippen LogP contribution < -0.4 is 5.73 Å². The molecule has 1 saturated heterocycles. The molecule has 7 heteroatoms. The normalized spacial score (nSPS) is 24.8. The van der Waals surface area contributed by atoms with Crippen molar-refractivity contribution in [2.75, 3.05) is 19.6 Å². The van der Waals surface area contributed by atoms with Crippen molar-refractivity contribution >= 4 is 10.0 Å². The molecule has 0 amide bonds. The first-order valence-electron chi connectivity index (χ1n) is 5.94. The van der Waals surface area contributed by atoms with Gasteiger partial charge in [0, 0.05) is 19.2 Å². The number of hydrogen-bond acceptors (Lipinski definition) is 3. The molecule has 0 bridgehead atoms. The Kier molecular flexibility index (Phi) is 3.63. The molecule has 0 aliphatic carbocycles. The lowest BCUT2D eigenvalue weighted by atomic mass is 9.90. The van der Waals surface area contributed by atoms with Gasteiger partial charge in [-0.3, -0.25) is 0 Å². The second-order valence-corrected chi connectivity index (χ2v) is 7.08. The molecule has 1 fully saturated rings. The first-order valence-corrected chi connectivity index (χ1v) is 7.38. The van der Waals surface area contributed by atoms with Crippen LogP contribution in [0.15, 0.2) is 23.1 Å². The summed E-state index contributed by atoms with van der Waals surface area (Å²) in [5.74, 6) is -1.87. The minimum absolute atomic E-state index is 0.253. The van der Waals surface area contributed by atoms with Gasteiger partial charge in [0.25, 0.3) is 0 Å². The van der Waals surface area contributed by atoms with Gasteiger partial charge < -0.3 is 5.73 Å². The summed E-state index contributed by atoms with van der Waals surface area (Å²) < 4.78 is 52.2. The summed E-state index contributed by atoms with van der Waals surface area (Å²) in [7, 11) is -3.93. The van der Waals surface area contributed by atoms with E-state index in [1.165, 1.54) is 4.31 Å². The standard InChI is InChI=1S/C12H16F2N2O2S/c1-12(7-15)4-5-16(8-12)19(17,18)11-3-2-9(13)6-10(11)14/h2-3,6H,4-5,7-8,15H2,1H3. The van der Waals surface area contributed by atoms with Crippen LogP contribution >= 0.6 is 0 Å². The van der Waals surface area contributed by atoms with Crippen LogP contribution in [-0.4, -0.2) is 32.4 Å². The number of sulfonamides is 1. The Balaban J connectivity index is 2.34.